The first-order valence-corrected chi connectivity index (χ1v) is 12.7. The van der Waals surface area contributed by atoms with Gasteiger partial charge >= 0.3 is 6.09 Å². The first kappa shape index (κ1) is 25.7. The Bertz CT molecular complexity index is 1120. The van der Waals surface area contributed by atoms with Crippen LogP contribution in [0, 0.1) is 5.41 Å². The van der Waals surface area contributed by atoms with Crippen LogP contribution >= 0.6 is 0 Å². The molecule has 192 valence electrons. The van der Waals surface area contributed by atoms with Crippen LogP contribution in [0.25, 0.3) is 22.5 Å². The summed E-state index contributed by atoms with van der Waals surface area (Å²) in [5.74, 6) is 1.33. The van der Waals surface area contributed by atoms with E-state index in [1.165, 1.54) is 6.39 Å². The molecule has 1 heterocycles. The van der Waals surface area contributed by atoms with Crippen molar-refractivity contribution in [2.45, 2.75) is 71.9 Å². The van der Waals surface area contributed by atoms with Crippen molar-refractivity contribution in [1.29, 1.82) is 0 Å². The van der Waals surface area contributed by atoms with Crippen LogP contribution in [-0.4, -0.2) is 45.9 Å². The van der Waals surface area contributed by atoms with Gasteiger partial charge in [-0.05, 0) is 81.2 Å². The van der Waals surface area contributed by atoms with Gasteiger partial charge in [-0.25, -0.2) is 4.79 Å². The largest absolute Gasteiger partial charge is 0.492 e. The molecule has 0 saturated heterocycles. The van der Waals surface area contributed by atoms with E-state index >= 15 is 0 Å². The first-order valence-electron chi connectivity index (χ1n) is 12.7. The summed E-state index contributed by atoms with van der Waals surface area (Å²) in [5, 5.41) is 3.91. The zero-order valence-electron chi connectivity index (χ0n) is 22.0. The Balaban J connectivity index is 1.38. The fourth-order valence-electron chi connectivity index (χ4n) is 4.58. The Morgan fingerprint density at radius 3 is 2.39 bits per heavy atom. The monoisotopic (exact) mass is 491 g/mol. The number of carbonyl (C=O) groups excluding carboxylic acids is 1. The molecule has 0 bridgehead atoms. The number of hydrogen-bond acceptors (Lipinski definition) is 6. The second-order valence-electron chi connectivity index (χ2n) is 11.3. The lowest BCUT2D eigenvalue weighted by Gasteiger charge is -2.40. The third-order valence-electron chi connectivity index (χ3n) is 6.65. The van der Waals surface area contributed by atoms with Gasteiger partial charge < -0.3 is 18.9 Å². The molecule has 36 heavy (non-hydrogen) atoms. The van der Waals surface area contributed by atoms with E-state index < -0.39 is 5.60 Å². The fraction of sp³-hybridized carbons (Fsp3) is 0.483. The Labute approximate surface area is 213 Å². The summed E-state index contributed by atoms with van der Waals surface area (Å²) in [6.45, 7) is 11.2. The number of carbonyl (C=O) groups is 1. The molecule has 1 fully saturated rings. The van der Waals surface area contributed by atoms with Gasteiger partial charge in [0.05, 0.1) is 6.54 Å². The lowest BCUT2D eigenvalue weighted by atomic mass is 9.75. The van der Waals surface area contributed by atoms with Gasteiger partial charge in [-0.1, -0.05) is 49.3 Å². The van der Waals surface area contributed by atoms with E-state index in [9.17, 15) is 4.79 Å². The SMILES string of the molecule is CC1(C)CCC(N(CCOc2ccc(-c3cccc(-c4ncon4)c3)cc2)C(=O)OC(C)(C)C)CC1. The van der Waals surface area contributed by atoms with Gasteiger partial charge in [0.2, 0.25) is 12.2 Å². The maximum atomic E-state index is 13.0. The van der Waals surface area contributed by atoms with Gasteiger partial charge in [0.25, 0.3) is 0 Å². The smallest absolute Gasteiger partial charge is 0.410 e. The van der Waals surface area contributed by atoms with E-state index in [0.29, 0.717) is 24.4 Å². The average molecular weight is 492 g/mol. The summed E-state index contributed by atoms with van der Waals surface area (Å²) in [5.41, 5.74) is 2.82. The number of amides is 1. The van der Waals surface area contributed by atoms with Crippen LogP contribution in [-0.2, 0) is 4.74 Å². The lowest BCUT2D eigenvalue weighted by molar-refractivity contribution is 0.00425. The molecule has 4 rings (SSSR count). The van der Waals surface area contributed by atoms with Gasteiger partial charge in [0.15, 0.2) is 0 Å². The number of ether oxygens (including phenoxy) is 2. The molecule has 0 unspecified atom stereocenters. The Hall–Kier alpha value is -3.35. The molecule has 2 aromatic carbocycles. The topological polar surface area (TPSA) is 77.7 Å². The van der Waals surface area contributed by atoms with Crippen molar-refractivity contribution in [3.8, 4) is 28.3 Å². The second-order valence-corrected chi connectivity index (χ2v) is 11.3. The molecule has 3 aromatic rings. The highest BCUT2D eigenvalue weighted by Gasteiger charge is 2.34. The van der Waals surface area contributed by atoms with E-state index in [4.69, 9.17) is 14.0 Å². The quantitative estimate of drug-likeness (QED) is 0.354. The highest BCUT2D eigenvalue weighted by molar-refractivity contribution is 5.70. The molecule has 0 spiro atoms. The lowest BCUT2D eigenvalue weighted by Crippen LogP contribution is -2.47. The Kier molecular flexibility index (Phi) is 7.67. The van der Waals surface area contributed by atoms with Crippen molar-refractivity contribution in [3.05, 3.63) is 54.9 Å². The van der Waals surface area contributed by atoms with E-state index in [0.717, 1.165) is 48.1 Å². The molecule has 0 atom stereocenters. The summed E-state index contributed by atoms with van der Waals surface area (Å²) in [6.07, 6.45) is 5.26. The number of nitrogens with zero attached hydrogens (tertiary/aromatic N) is 3. The van der Waals surface area contributed by atoms with Crippen LogP contribution in [0.15, 0.2) is 59.4 Å². The zero-order valence-corrected chi connectivity index (χ0v) is 22.0. The fourth-order valence-corrected chi connectivity index (χ4v) is 4.58. The maximum Gasteiger partial charge on any atom is 0.410 e. The summed E-state index contributed by atoms with van der Waals surface area (Å²) < 4.78 is 16.6. The molecule has 0 N–H and O–H groups in total. The molecule has 1 amide bonds. The molecule has 1 aliphatic carbocycles. The molecule has 7 heteroatoms. The standard InChI is InChI=1S/C29H37N3O4/c1-28(2,3)36-27(33)32(24-13-15-29(4,5)16-14-24)17-18-34-25-11-9-21(10-12-25)22-7-6-8-23(19-22)26-30-20-35-31-26/h6-12,19-20,24H,13-18H2,1-5H3. The van der Waals surface area contributed by atoms with E-state index in [2.05, 4.69) is 24.0 Å². The van der Waals surface area contributed by atoms with Gasteiger partial charge in [-0.3, -0.25) is 0 Å². The second kappa shape index (κ2) is 10.7. The number of aromatic nitrogens is 2. The minimum Gasteiger partial charge on any atom is -0.492 e. The normalized spacial score (nSPS) is 15.9. The molecule has 0 radical (unpaired) electrons. The molecule has 1 saturated carbocycles. The van der Waals surface area contributed by atoms with Crippen molar-refractivity contribution < 1.29 is 18.8 Å². The van der Waals surface area contributed by atoms with Crippen molar-refractivity contribution in [1.82, 2.24) is 15.0 Å². The number of benzene rings is 2. The van der Waals surface area contributed by atoms with Crippen molar-refractivity contribution in [2.75, 3.05) is 13.2 Å². The van der Waals surface area contributed by atoms with Gasteiger partial charge in [0, 0.05) is 11.6 Å². The highest BCUT2D eigenvalue weighted by atomic mass is 16.6. The Morgan fingerprint density at radius 1 is 1.06 bits per heavy atom. The summed E-state index contributed by atoms with van der Waals surface area (Å²) in [6, 6.07) is 16.2. The van der Waals surface area contributed by atoms with Crippen LogP contribution < -0.4 is 4.74 Å². The van der Waals surface area contributed by atoms with E-state index in [1.54, 1.807) is 0 Å². The van der Waals surface area contributed by atoms with Crippen molar-refractivity contribution in [2.24, 2.45) is 5.41 Å². The molecular formula is C29H37N3O4. The molecule has 1 aromatic heterocycles. The number of hydrogen-bond donors (Lipinski definition) is 0. The zero-order chi connectivity index (χ0) is 25.8. The predicted octanol–water partition coefficient (Wildman–Crippen LogP) is 6.99. The molecular weight excluding hydrogens is 454 g/mol. The predicted molar refractivity (Wildman–Crippen MR) is 140 cm³/mol. The highest BCUT2D eigenvalue weighted by Crippen LogP contribution is 2.37. The van der Waals surface area contributed by atoms with E-state index in [1.807, 2.05) is 74.2 Å². The van der Waals surface area contributed by atoms with Gasteiger partial charge in [0.1, 0.15) is 18.0 Å². The van der Waals surface area contributed by atoms with Crippen molar-refractivity contribution >= 4 is 6.09 Å². The van der Waals surface area contributed by atoms with Gasteiger partial charge in [-0.15, -0.1) is 0 Å². The Morgan fingerprint density at radius 2 is 1.75 bits per heavy atom. The third kappa shape index (κ3) is 6.86. The average Bonchev–Trinajstić information content (AvgIpc) is 3.37. The van der Waals surface area contributed by atoms with Crippen LogP contribution in [0.1, 0.15) is 60.3 Å². The third-order valence-corrected chi connectivity index (χ3v) is 6.65. The van der Waals surface area contributed by atoms with Crippen LogP contribution in [0.5, 0.6) is 5.75 Å². The maximum absolute atomic E-state index is 13.0. The van der Waals surface area contributed by atoms with Gasteiger partial charge in [-0.2, -0.15) is 4.98 Å². The summed E-state index contributed by atoms with van der Waals surface area (Å²) >= 11 is 0. The summed E-state index contributed by atoms with van der Waals surface area (Å²) in [4.78, 5) is 19.0. The van der Waals surface area contributed by atoms with Crippen molar-refractivity contribution in [3.63, 3.8) is 0 Å². The number of rotatable bonds is 7. The minimum atomic E-state index is -0.527. The minimum absolute atomic E-state index is 0.185. The molecule has 1 aliphatic rings. The van der Waals surface area contributed by atoms with Crippen LogP contribution in [0.2, 0.25) is 0 Å². The first-order chi connectivity index (χ1) is 17.1. The van der Waals surface area contributed by atoms with Crippen LogP contribution in [0.3, 0.4) is 0 Å². The van der Waals surface area contributed by atoms with E-state index in [-0.39, 0.29) is 12.1 Å². The van der Waals surface area contributed by atoms with Crippen LogP contribution in [0.4, 0.5) is 4.79 Å². The summed E-state index contributed by atoms with van der Waals surface area (Å²) in [7, 11) is 0. The molecule has 7 nitrogen and oxygen atoms in total. The molecule has 0 aliphatic heterocycles.